The second kappa shape index (κ2) is 8.73. The van der Waals surface area contributed by atoms with Gasteiger partial charge in [-0.3, -0.25) is 9.59 Å². The lowest BCUT2D eigenvalue weighted by Crippen LogP contribution is -2.40. The highest BCUT2D eigenvalue weighted by molar-refractivity contribution is 7.89. The highest BCUT2D eigenvalue weighted by Crippen LogP contribution is 2.19. The summed E-state index contributed by atoms with van der Waals surface area (Å²) in [7, 11) is -0.358. The van der Waals surface area contributed by atoms with Crippen LogP contribution in [-0.4, -0.2) is 69.8 Å². The smallest absolute Gasteiger partial charge is 0.255 e. The Morgan fingerprint density at radius 3 is 2.28 bits per heavy atom. The number of anilines is 1. The molecular weight excluding hydrogens is 394 g/mol. The van der Waals surface area contributed by atoms with Crippen molar-refractivity contribution in [1.82, 2.24) is 9.21 Å². The van der Waals surface area contributed by atoms with Crippen molar-refractivity contribution in [2.75, 3.05) is 45.7 Å². The lowest BCUT2D eigenvalue weighted by Gasteiger charge is -2.26. The van der Waals surface area contributed by atoms with Gasteiger partial charge in [0.05, 0.1) is 18.1 Å². The second-order valence-corrected chi connectivity index (χ2v) is 8.71. The predicted molar refractivity (Wildman–Crippen MR) is 108 cm³/mol. The molecular formula is C20H23N3O5S. The van der Waals surface area contributed by atoms with Crippen LogP contribution < -0.4 is 5.32 Å². The van der Waals surface area contributed by atoms with Crippen molar-refractivity contribution in [2.45, 2.75) is 4.90 Å². The van der Waals surface area contributed by atoms with E-state index >= 15 is 0 Å². The molecule has 2 amide bonds. The number of morpholine rings is 1. The molecule has 1 fully saturated rings. The summed E-state index contributed by atoms with van der Waals surface area (Å²) in [6, 6.07) is 12.4. The van der Waals surface area contributed by atoms with Gasteiger partial charge in [0.25, 0.3) is 11.8 Å². The third-order valence-electron chi connectivity index (χ3n) is 4.50. The maximum absolute atomic E-state index is 12.8. The van der Waals surface area contributed by atoms with E-state index in [1.54, 1.807) is 50.5 Å². The summed E-state index contributed by atoms with van der Waals surface area (Å²) in [5.41, 5.74) is 1.24. The normalized spacial score (nSPS) is 15.0. The molecule has 1 aliphatic heterocycles. The number of amides is 2. The number of sulfonamides is 1. The monoisotopic (exact) mass is 417 g/mol. The molecule has 0 atom stereocenters. The Hall–Kier alpha value is -2.75. The Morgan fingerprint density at radius 2 is 1.66 bits per heavy atom. The highest BCUT2D eigenvalue weighted by Gasteiger charge is 2.26. The van der Waals surface area contributed by atoms with E-state index in [1.807, 2.05) is 0 Å². The summed E-state index contributed by atoms with van der Waals surface area (Å²) in [5, 5.41) is 2.72. The molecule has 0 bridgehead atoms. The van der Waals surface area contributed by atoms with Gasteiger partial charge in [-0.25, -0.2) is 8.42 Å². The minimum Gasteiger partial charge on any atom is -0.379 e. The van der Waals surface area contributed by atoms with Crippen LogP contribution in [0.5, 0.6) is 0 Å². The maximum atomic E-state index is 12.8. The van der Waals surface area contributed by atoms with Crippen LogP contribution in [-0.2, 0) is 14.8 Å². The molecule has 9 heteroatoms. The molecule has 1 aliphatic rings. The van der Waals surface area contributed by atoms with Crippen LogP contribution in [0.15, 0.2) is 53.4 Å². The van der Waals surface area contributed by atoms with Gasteiger partial charge in [0.15, 0.2) is 0 Å². The number of ether oxygens (including phenoxy) is 1. The van der Waals surface area contributed by atoms with E-state index < -0.39 is 15.9 Å². The Morgan fingerprint density at radius 1 is 1.00 bits per heavy atom. The van der Waals surface area contributed by atoms with Crippen LogP contribution in [0, 0.1) is 0 Å². The van der Waals surface area contributed by atoms with Crippen LogP contribution in [0.1, 0.15) is 20.7 Å². The first-order valence-corrected chi connectivity index (χ1v) is 10.5. The van der Waals surface area contributed by atoms with Gasteiger partial charge in [0.1, 0.15) is 0 Å². The summed E-state index contributed by atoms with van der Waals surface area (Å²) in [4.78, 5) is 26.0. The van der Waals surface area contributed by atoms with E-state index in [-0.39, 0.29) is 29.5 Å². The average Bonchev–Trinajstić information content (AvgIpc) is 2.74. The van der Waals surface area contributed by atoms with E-state index in [2.05, 4.69) is 5.32 Å². The Balaban J connectivity index is 1.75. The molecule has 0 unspecified atom stereocenters. The van der Waals surface area contributed by atoms with Crippen molar-refractivity contribution in [3.05, 3.63) is 59.7 Å². The van der Waals surface area contributed by atoms with Gasteiger partial charge >= 0.3 is 0 Å². The first-order valence-electron chi connectivity index (χ1n) is 9.10. The van der Waals surface area contributed by atoms with Gasteiger partial charge in [-0.05, 0) is 42.5 Å². The van der Waals surface area contributed by atoms with Crippen LogP contribution >= 0.6 is 0 Å². The van der Waals surface area contributed by atoms with E-state index in [9.17, 15) is 18.0 Å². The lowest BCUT2D eigenvalue weighted by molar-refractivity contribution is 0.0730. The first kappa shape index (κ1) is 21.0. The molecule has 0 aromatic heterocycles. The van der Waals surface area contributed by atoms with Crippen molar-refractivity contribution in [1.29, 1.82) is 0 Å². The molecule has 29 heavy (non-hydrogen) atoms. The Bertz CT molecular complexity index is 997. The SMILES string of the molecule is CN(C)C(=O)c1ccc(NC(=O)c2cccc(S(=O)(=O)N3CCOCC3)c2)cc1. The molecule has 0 radical (unpaired) electrons. The number of benzene rings is 2. The lowest BCUT2D eigenvalue weighted by atomic mass is 10.1. The minimum absolute atomic E-state index is 0.0685. The number of hydrogen-bond acceptors (Lipinski definition) is 5. The van der Waals surface area contributed by atoms with Crippen LogP contribution in [0.4, 0.5) is 5.69 Å². The molecule has 0 spiro atoms. The Kier molecular flexibility index (Phi) is 6.31. The van der Waals surface area contributed by atoms with Gasteiger partial charge in [0, 0.05) is 44.0 Å². The number of hydrogen-bond donors (Lipinski definition) is 1. The number of carbonyl (C=O) groups excluding carboxylic acids is 2. The molecule has 8 nitrogen and oxygen atoms in total. The second-order valence-electron chi connectivity index (χ2n) is 6.78. The van der Waals surface area contributed by atoms with Crippen LogP contribution in [0.2, 0.25) is 0 Å². The van der Waals surface area contributed by atoms with Gasteiger partial charge < -0.3 is 15.0 Å². The molecule has 1 saturated heterocycles. The van der Waals surface area contributed by atoms with Gasteiger partial charge in [-0.1, -0.05) is 6.07 Å². The summed E-state index contributed by atoms with van der Waals surface area (Å²) in [6.07, 6.45) is 0. The third-order valence-corrected chi connectivity index (χ3v) is 6.39. The summed E-state index contributed by atoms with van der Waals surface area (Å²) < 4.78 is 32.1. The predicted octanol–water partition coefficient (Wildman–Crippen LogP) is 1.66. The number of carbonyl (C=O) groups is 2. The molecule has 3 rings (SSSR count). The maximum Gasteiger partial charge on any atom is 0.255 e. The van der Waals surface area contributed by atoms with Crippen molar-refractivity contribution >= 4 is 27.5 Å². The zero-order valence-electron chi connectivity index (χ0n) is 16.3. The van der Waals surface area contributed by atoms with Crippen LogP contribution in [0.25, 0.3) is 0 Å². The fraction of sp³-hybridized carbons (Fsp3) is 0.300. The zero-order valence-corrected chi connectivity index (χ0v) is 17.1. The van der Waals surface area contributed by atoms with E-state index in [0.29, 0.717) is 24.5 Å². The van der Waals surface area contributed by atoms with E-state index in [0.717, 1.165) is 0 Å². The van der Waals surface area contributed by atoms with Crippen molar-refractivity contribution in [2.24, 2.45) is 0 Å². The number of rotatable bonds is 5. The van der Waals surface area contributed by atoms with Crippen molar-refractivity contribution < 1.29 is 22.7 Å². The van der Waals surface area contributed by atoms with Crippen LogP contribution in [0.3, 0.4) is 0 Å². The standard InChI is InChI=1S/C20H23N3O5S/c1-22(2)20(25)15-6-8-17(9-7-15)21-19(24)16-4-3-5-18(14-16)29(26,27)23-10-12-28-13-11-23/h3-9,14H,10-13H2,1-2H3,(H,21,24). The van der Waals surface area contributed by atoms with Crippen molar-refractivity contribution in [3.8, 4) is 0 Å². The summed E-state index contributed by atoms with van der Waals surface area (Å²) in [5.74, 6) is -0.570. The average molecular weight is 417 g/mol. The van der Waals surface area contributed by atoms with Gasteiger partial charge in [-0.15, -0.1) is 0 Å². The first-order chi connectivity index (χ1) is 13.8. The molecule has 1 heterocycles. The topological polar surface area (TPSA) is 96.0 Å². The minimum atomic E-state index is -3.68. The molecule has 2 aromatic carbocycles. The fourth-order valence-corrected chi connectivity index (χ4v) is 4.35. The Labute approximate surface area is 170 Å². The fourth-order valence-electron chi connectivity index (χ4n) is 2.89. The number of nitrogens with zero attached hydrogens (tertiary/aromatic N) is 2. The van der Waals surface area contributed by atoms with Crippen molar-refractivity contribution in [3.63, 3.8) is 0 Å². The molecule has 154 valence electrons. The summed E-state index contributed by atoms with van der Waals surface area (Å²) >= 11 is 0. The van der Waals surface area contributed by atoms with E-state index in [1.165, 1.54) is 21.3 Å². The van der Waals surface area contributed by atoms with E-state index in [4.69, 9.17) is 4.74 Å². The quantitative estimate of drug-likeness (QED) is 0.798. The molecule has 1 N–H and O–H groups in total. The number of nitrogens with one attached hydrogen (secondary N) is 1. The third kappa shape index (κ3) is 4.81. The highest BCUT2D eigenvalue weighted by atomic mass is 32.2. The molecule has 0 saturated carbocycles. The zero-order chi connectivity index (χ0) is 21.0. The van der Waals surface area contributed by atoms with Gasteiger partial charge in [0.2, 0.25) is 10.0 Å². The largest absolute Gasteiger partial charge is 0.379 e. The van der Waals surface area contributed by atoms with Gasteiger partial charge in [-0.2, -0.15) is 4.31 Å². The summed E-state index contributed by atoms with van der Waals surface area (Å²) in [6.45, 7) is 1.28. The molecule has 2 aromatic rings. The molecule has 0 aliphatic carbocycles.